The molecule has 1 N–H and O–H groups in total. The van der Waals surface area contributed by atoms with Crippen molar-refractivity contribution in [2.24, 2.45) is 0 Å². The van der Waals surface area contributed by atoms with Gasteiger partial charge in [-0.2, -0.15) is 0 Å². The van der Waals surface area contributed by atoms with Crippen LogP contribution in [0.15, 0.2) is 88.1 Å². The zero-order valence-corrected chi connectivity index (χ0v) is 26.9. The molecule has 0 aliphatic rings. The zero-order chi connectivity index (χ0) is 30.6. The van der Waals surface area contributed by atoms with Gasteiger partial charge in [-0.15, -0.1) is 0 Å². The molecule has 1 aromatic carbocycles. The van der Waals surface area contributed by atoms with Gasteiger partial charge in [0.1, 0.15) is 13.2 Å². The summed E-state index contributed by atoms with van der Waals surface area (Å²) in [5, 5.41) is 9.45. The number of benzene rings is 1. The quantitative estimate of drug-likeness (QED) is 0.170. The van der Waals surface area contributed by atoms with Crippen LogP contribution in [-0.4, -0.2) is 24.3 Å². The van der Waals surface area contributed by atoms with E-state index < -0.39 is 5.97 Å². The fraction of sp³-hybridized carbons (Fsp3) is 0.486. The van der Waals surface area contributed by atoms with E-state index in [0.717, 1.165) is 51.4 Å². The third-order valence-corrected chi connectivity index (χ3v) is 6.78. The van der Waals surface area contributed by atoms with Crippen molar-refractivity contribution in [3.63, 3.8) is 0 Å². The zero-order valence-electron chi connectivity index (χ0n) is 26.9. The van der Waals surface area contributed by atoms with Crippen LogP contribution in [0.4, 0.5) is 0 Å². The maximum Gasteiger partial charge on any atom is 0.335 e. The maximum atomic E-state index is 11.5. The highest BCUT2D eigenvalue weighted by Crippen LogP contribution is 2.29. The highest BCUT2D eigenvalue weighted by Gasteiger charge is 2.10. The molecule has 226 valence electrons. The minimum Gasteiger partial charge on any atom is -0.486 e. The molecule has 0 aliphatic carbocycles. The highest BCUT2D eigenvalue weighted by molar-refractivity contribution is 5.88. The van der Waals surface area contributed by atoms with Crippen molar-refractivity contribution >= 4 is 5.97 Å². The Labute approximate surface area is 250 Å². The first kappa shape index (κ1) is 35.8. The number of rotatable bonds is 19. The van der Waals surface area contributed by atoms with Gasteiger partial charge in [-0.3, -0.25) is 0 Å². The average molecular weight is 563 g/mol. The maximum absolute atomic E-state index is 11.5. The molecule has 0 amide bonds. The third-order valence-electron chi connectivity index (χ3n) is 6.78. The molecule has 0 unspecified atom stereocenters. The number of carbonyl (C=O) groups is 1. The van der Waals surface area contributed by atoms with Gasteiger partial charge in [-0.25, -0.2) is 4.79 Å². The molecular weight excluding hydrogens is 508 g/mol. The van der Waals surface area contributed by atoms with Crippen LogP contribution in [0, 0.1) is 0 Å². The predicted octanol–water partition coefficient (Wildman–Crippen LogP) is 11.0. The number of aromatic carboxylic acids is 1. The first-order valence-corrected chi connectivity index (χ1v) is 15.0. The standard InChI is InChI=1S/C37H54O4/c1-28(2)13-9-15-30(5)17-11-19-32(7)23-25-40-35-22-21-34(37(38)39)27-36(35)41-26-24-33(8)20-12-18-31(6)16-10-14-29(3)4/h13-14,17-18,21-24,27H,9-12,15-16,19-20,25-26H2,1-8H3,(H,38,39). The highest BCUT2D eigenvalue weighted by atomic mass is 16.5. The number of ether oxygens (including phenoxy) is 2. The Balaban J connectivity index is 2.65. The second-order valence-electron chi connectivity index (χ2n) is 11.5. The molecule has 0 fully saturated rings. The summed E-state index contributed by atoms with van der Waals surface area (Å²) in [6.45, 7) is 17.9. The average Bonchev–Trinajstić information content (AvgIpc) is 2.88. The van der Waals surface area contributed by atoms with Crippen molar-refractivity contribution in [1.29, 1.82) is 0 Å². The largest absolute Gasteiger partial charge is 0.486 e. The van der Waals surface area contributed by atoms with Gasteiger partial charge in [-0.1, -0.05) is 57.7 Å². The van der Waals surface area contributed by atoms with Crippen LogP contribution < -0.4 is 9.47 Å². The minimum absolute atomic E-state index is 0.181. The molecular formula is C37H54O4. The molecule has 4 heteroatoms. The Hall–Kier alpha value is -3.27. The van der Waals surface area contributed by atoms with Crippen LogP contribution in [0.2, 0.25) is 0 Å². The van der Waals surface area contributed by atoms with Crippen LogP contribution in [0.3, 0.4) is 0 Å². The molecule has 0 heterocycles. The van der Waals surface area contributed by atoms with Gasteiger partial charge in [0, 0.05) is 0 Å². The molecule has 0 atom stereocenters. The van der Waals surface area contributed by atoms with E-state index in [0.29, 0.717) is 24.7 Å². The Bertz CT molecular complexity index is 1130. The number of hydrogen-bond acceptors (Lipinski definition) is 3. The number of carboxylic acids is 1. The van der Waals surface area contributed by atoms with Crippen LogP contribution in [0.5, 0.6) is 11.5 Å². The Kier molecular flexibility index (Phi) is 18.0. The van der Waals surface area contributed by atoms with Crippen LogP contribution in [-0.2, 0) is 0 Å². The van der Waals surface area contributed by atoms with E-state index in [1.165, 1.54) is 33.4 Å². The number of hydrogen-bond donors (Lipinski definition) is 1. The first-order chi connectivity index (χ1) is 19.5. The summed E-state index contributed by atoms with van der Waals surface area (Å²) in [6, 6.07) is 4.77. The Morgan fingerprint density at radius 3 is 1.39 bits per heavy atom. The molecule has 0 saturated heterocycles. The Morgan fingerprint density at radius 1 is 0.585 bits per heavy atom. The van der Waals surface area contributed by atoms with Gasteiger partial charge in [0.15, 0.2) is 11.5 Å². The summed E-state index contributed by atoms with van der Waals surface area (Å²) in [7, 11) is 0. The SMILES string of the molecule is CC(C)=CCCC(C)=CCCC(C)=CCOc1ccc(C(=O)O)cc1OCC=C(C)CCC=C(C)CCC=C(C)C. The van der Waals surface area contributed by atoms with Crippen LogP contribution in [0.25, 0.3) is 0 Å². The number of carboxylic acid groups (broad SMARTS) is 1. The normalized spacial score (nSPS) is 12.7. The van der Waals surface area contributed by atoms with Crippen molar-refractivity contribution in [3.8, 4) is 11.5 Å². The molecule has 41 heavy (non-hydrogen) atoms. The van der Waals surface area contributed by atoms with Gasteiger partial charge >= 0.3 is 5.97 Å². The summed E-state index contributed by atoms with van der Waals surface area (Å²) in [6.07, 6.45) is 21.7. The smallest absolute Gasteiger partial charge is 0.335 e. The first-order valence-electron chi connectivity index (χ1n) is 15.0. The fourth-order valence-corrected chi connectivity index (χ4v) is 4.10. The summed E-state index contributed by atoms with van der Waals surface area (Å²) < 4.78 is 12.0. The van der Waals surface area contributed by atoms with Crippen LogP contribution in [0.1, 0.15) is 117 Å². The van der Waals surface area contributed by atoms with E-state index >= 15 is 0 Å². The molecule has 0 aromatic heterocycles. The van der Waals surface area contributed by atoms with E-state index in [1.54, 1.807) is 18.2 Å². The lowest BCUT2D eigenvalue weighted by Crippen LogP contribution is -2.03. The van der Waals surface area contributed by atoms with Crippen LogP contribution >= 0.6 is 0 Å². The van der Waals surface area contributed by atoms with E-state index in [2.05, 4.69) is 91.8 Å². The van der Waals surface area contributed by atoms with Gasteiger partial charge in [0.05, 0.1) is 5.56 Å². The van der Waals surface area contributed by atoms with Crippen molar-refractivity contribution < 1.29 is 19.4 Å². The van der Waals surface area contributed by atoms with Gasteiger partial charge in [0.25, 0.3) is 0 Å². The van der Waals surface area contributed by atoms with Gasteiger partial charge in [0.2, 0.25) is 0 Å². The minimum atomic E-state index is -0.986. The molecule has 0 spiro atoms. The lowest BCUT2D eigenvalue weighted by molar-refractivity contribution is 0.0696. The van der Waals surface area contributed by atoms with Gasteiger partial charge < -0.3 is 14.6 Å². The lowest BCUT2D eigenvalue weighted by Gasteiger charge is -2.12. The summed E-state index contributed by atoms with van der Waals surface area (Å²) in [5.74, 6) is 0.0137. The predicted molar refractivity (Wildman–Crippen MR) is 175 cm³/mol. The monoisotopic (exact) mass is 562 g/mol. The van der Waals surface area contributed by atoms with Crippen molar-refractivity contribution in [1.82, 2.24) is 0 Å². The molecule has 1 aromatic rings. The summed E-state index contributed by atoms with van der Waals surface area (Å²) in [5.41, 5.74) is 8.28. The molecule has 0 bridgehead atoms. The van der Waals surface area contributed by atoms with E-state index in [9.17, 15) is 9.90 Å². The lowest BCUT2D eigenvalue weighted by atomic mass is 10.1. The van der Waals surface area contributed by atoms with Crippen molar-refractivity contribution in [3.05, 3.63) is 93.7 Å². The fourth-order valence-electron chi connectivity index (χ4n) is 4.10. The van der Waals surface area contributed by atoms with Crippen molar-refractivity contribution in [2.45, 2.75) is 107 Å². The van der Waals surface area contributed by atoms with E-state index in [1.807, 2.05) is 0 Å². The summed E-state index contributed by atoms with van der Waals surface area (Å²) >= 11 is 0. The molecule has 4 nitrogen and oxygen atoms in total. The van der Waals surface area contributed by atoms with E-state index in [-0.39, 0.29) is 5.56 Å². The third kappa shape index (κ3) is 17.9. The second-order valence-corrected chi connectivity index (χ2v) is 11.5. The number of allylic oxidation sites excluding steroid dienone is 10. The van der Waals surface area contributed by atoms with Gasteiger partial charge in [-0.05, 0) is 137 Å². The van der Waals surface area contributed by atoms with Crippen molar-refractivity contribution in [2.75, 3.05) is 13.2 Å². The molecule has 0 saturated carbocycles. The van der Waals surface area contributed by atoms with E-state index in [4.69, 9.17) is 9.47 Å². The molecule has 0 radical (unpaired) electrons. The second kappa shape index (κ2) is 20.6. The summed E-state index contributed by atoms with van der Waals surface area (Å²) in [4.78, 5) is 11.5. The topological polar surface area (TPSA) is 55.8 Å². The molecule has 0 aliphatic heterocycles. The Morgan fingerprint density at radius 2 is 0.976 bits per heavy atom. The molecule has 1 rings (SSSR count).